The Kier molecular flexibility index (Phi) is 13.0. The third kappa shape index (κ3) is 9.70. The van der Waals surface area contributed by atoms with Crippen molar-refractivity contribution in [1.29, 1.82) is 0 Å². The largest absolute Gasteiger partial charge is 0.480 e. The molecule has 12 heteroatoms. The van der Waals surface area contributed by atoms with Crippen molar-refractivity contribution in [1.82, 2.24) is 16.0 Å². The standard InChI is InChI=1S/C17H32N4O6S2/c1-8(2)13(16(25)19-10(17(26)27)5-6-29-4)21-14(23)11(7-28)20-15(24)12(18)9(3)22/h8-13,22,28H,5-7,18H2,1-4H3,(H,19,25)(H,20,24)(H,21,23)(H,26,27). The van der Waals surface area contributed by atoms with E-state index in [0.29, 0.717) is 5.75 Å². The van der Waals surface area contributed by atoms with Gasteiger partial charge in [-0.3, -0.25) is 14.4 Å². The molecule has 0 spiro atoms. The highest BCUT2D eigenvalue weighted by atomic mass is 32.2. The van der Waals surface area contributed by atoms with Crippen molar-refractivity contribution in [3.05, 3.63) is 0 Å². The number of carbonyl (C=O) groups excluding carboxylic acids is 3. The number of amides is 3. The summed E-state index contributed by atoms with van der Waals surface area (Å²) in [5.74, 6) is -3.06. The number of nitrogens with two attached hydrogens (primary N) is 1. The van der Waals surface area contributed by atoms with Crippen LogP contribution in [0.5, 0.6) is 0 Å². The molecule has 5 unspecified atom stereocenters. The molecular weight excluding hydrogens is 420 g/mol. The van der Waals surface area contributed by atoms with Crippen LogP contribution >= 0.6 is 24.4 Å². The number of rotatable bonds is 13. The van der Waals surface area contributed by atoms with Gasteiger partial charge >= 0.3 is 5.97 Å². The zero-order valence-corrected chi connectivity index (χ0v) is 18.8. The maximum atomic E-state index is 12.6. The minimum absolute atomic E-state index is 0.0674. The average Bonchev–Trinajstić information content (AvgIpc) is 2.65. The summed E-state index contributed by atoms with van der Waals surface area (Å²) in [5, 5.41) is 26.0. The van der Waals surface area contributed by atoms with Crippen molar-refractivity contribution >= 4 is 48.1 Å². The number of hydrogen-bond donors (Lipinski definition) is 7. The molecule has 0 saturated carbocycles. The Morgan fingerprint density at radius 2 is 1.55 bits per heavy atom. The lowest BCUT2D eigenvalue weighted by molar-refractivity contribution is -0.142. The summed E-state index contributed by atoms with van der Waals surface area (Å²) >= 11 is 5.49. The second-order valence-electron chi connectivity index (χ2n) is 6.92. The first-order valence-electron chi connectivity index (χ1n) is 9.13. The van der Waals surface area contributed by atoms with E-state index in [-0.39, 0.29) is 18.1 Å². The number of aliphatic carboxylic acids is 1. The number of aliphatic hydroxyl groups is 1. The highest BCUT2D eigenvalue weighted by molar-refractivity contribution is 7.98. The summed E-state index contributed by atoms with van der Waals surface area (Å²) in [7, 11) is 0. The number of carbonyl (C=O) groups is 4. The molecule has 5 atom stereocenters. The Morgan fingerprint density at radius 3 is 1.97 bits per heavy atom. The number of aliphatic hydroxyl groups excluding tert-OH is 1. The van der Waals surface area contributed by atoms with Crippen molar-refractivity contribution in [2.75, 3.05) is 17.8 Å². The van der Waals surface area contributed by atoms with Crippen molar-refractivity contribution < 1.29 is 29.4 Å². The molecule has 0 rings (SSSR count). The molecule has 0 aliphatic heterocycles. The van der Waals surface area contributed by atoms with E-state index in [0.717, 1.165) is 0 Å². The van der Waals surface area contributed by atoms with Crippen molar-refractivity contribution in [3.63, 3.8) is 0 Å². The smallest absolute Gasteiger partial charge is 0.326 e. The van der Waals surface area contributed by atoms with E-state index in [9.17, 15) is 29.4 Å². The van der Waals surface area contributed by atoms with Crippen molar-refractivity contribution in [3.8, 4) is 0 Å². The van der Waals surface area contributed by atoms with Crippen LogP contribution in [0.1, 0.15) is 27.2 Å². The van der Waals surface area contributed by atoms with E-state index in [1.807, 2.05) is 6.26 Å². The Labute approximate surface area is 180 Å². The van der Waals surface area contributed by atoms with Crippen LogP contribution in [0.2, 0.25) is 0 Å². The van der Waals surface area contributed by atoms with Gasteiger partial charge in [-0.25, -0.2) is 4.79 Å². The Bertz CT molecular complexity index is 576. The normalized spacial score (nSPS) is 16.3. The van der Waals surface area contributed by atoms with Crippen molar-refractivity contribution in [2.45, 2.75) is 57.5 Å². The number of carboxylic acid groups (broad SMARTS) is 1. The fraction of sp³-hybridized carbons (Fsp3) is 0.765. The van der Waals surface area contributed by atoms with Gasteiger partial charge < -0.3 is 31.9 Å². The second-order valence-corrected chi connectivity index (χ2v) is 8.27. The molecule has 168 valence electrons. The number of hydrogen-bond acceptors (Lipinski definition) is 8. The first-order chi connectivity index (χ1) is 13.5. The van der Waals surface area contributed by atoms with E-state index >= 15 is 0 Å². The van der Waals surface area contributed by atoms with E-state index in [1.54, 1.807) is 13.8 Å². The van der Waals surface area contributed by atoms with Crippen LogP contribution in [0.15, 0.2) is 0 Å². The lowest BCUT2D eigenvalue weighted by Crippen LogP contribution is -2.59. The van der Waals surface area contributed by atoms with Gasteiger partial charge in [0, 0.05) is 5.75 Å². The van der Waals surface area contributed by atoms with E-state index < -0.39 is 54.0 Å². The quantitative estimate of drug-likeness (QED) is 0.167. The number of nitrogens with one attached hydrogen (secondary N) is 3. The third-order valence-electron chi connectivity index (χ3n) is 4.11. The highest BCUT2D eigenvalue weighted by Crippen LogP contribution is 2.06. The Hall–Kier alpha value is -1.50. The zero-order valence-electron chi connectivity index (χ0n) is 17.0. The summed E-state index contributed by atoms with van der Waals surface area (Å²) < 4.78 is 0. The number of carboxylic acids is 1. The molecule has 0 saturated heterocycles. The van der Waals surface area contributed by atoms with Crippen LogP contribution in [0, 0.1) is 5.92 Å². The fourth-order valence-corrected chi connectivity index (χ4v) is 2.95. The average molecular weight is 453 g/mol. The summed E-state index contributed by atoms with van der Waals surface area (Å²) in [6.45, 7) is 4.73. The molecule has 0 aliphatic carbocycles. The first-order valence-corrected chi connectivity index (χ1v) is 11.2. The first kappa shape index (κ1) is 27.5. The molecule has 0 heterocycles. The molecule has 0 aromatic rings. The molecule has 3 amide bonds. The summed E-state index contributed by atoms with van der Waals surface area (Å²) in [5.41, 5.74) is 5.54. The predicted octanol–water partition coefficient (Wildman–Crippen LogP) is -1.43. The molecule has 0 radical (unpaired) electrons. The van der Waals surface area contributed by atoms with Crippen LogP contribution in [-0.2, 0) is 19.2 Å². The van der Waals surface area contributed by atoms with Gasteiger partial charge in [0.2, 0.25) is 17.7 Å². The minimum atomic E-state index is -1.22. The van der Waals surface area contributed by atoms with Gasteiger partial charge in [0.1, 0.15) is 24.2 Å². The molecule has 29 heavy (non-hydrogen) atoms. The van der Waals surface area contributed by atoms with Gasteiger partial charge in [-0.05, 0) is 31.3 Å². The molecule has 0 aromatic heterocycles. The summed E-state index contributed by atoms with van der Waals surface area (Å²) in [4.78, 5) is 48.4. The van der Waals surface area contributed by atoms with Gasteiger partial charge in [-0.15, -0.1) is 0 Å². The summed E-state index contributed by atoms with van der Waals surface area (Å²) in [6.07, 6.45) is 0.961. The zero-order chi connectivity index (χ0) is 22.7. The van der Waals surface area contributed by atoms with Crippen molar-refractivity contribution in [2.24, 2.45) is 11.7 Å². The van der Waals surface area contributed by atoms with Crippen LogP contribution in [0.4, 0.5) is 0 Å². The minimum Gasteiger partial charge on any atom is -0.480 e. The van der Waals surface area contributed by atoms with Crippen LogP contribution in [0.3, 0.4) is 0 Å². The molecule has 0 bridgehead atoms. The third-order valence-corrected chi connectivity index (χ3v) is 5.12. The lowest BCUT2D eigenvalue weighted by Gasteiger charge is -2.26. The van der Waals surface area contributed by atoms with Gasteiger partial charge in [0.05, 0.1) is 6.10 Å². The van der Waals surface area contributed by atoms with Gasteiger partial charge in [-0.2, -0.15) is 24.4 Å². The van der Waals surface area contributed by atoms with E-state index in [2.05, 4.69) is 28.6 Å². The lowest BCUT2D eigenvalue weighted by atomic mass is 10.0. The monoisotopic (exact) mass is 452 g/mol. The van der Waals surface area contributed by atoms with Crippen LogP contribution < -0.4 is 21.7 Å². The van der Waals surface area contributed by atoms with Gasteiger partial charge in [0.25, 0.3) is 0 Å². The molecule has 0 fully saturated rings. The molecule has 0 aromatic carbocycles. The second kappa shape index (κ2) is 13.7. The SMILES string of the molecule is CSCCC(NC(=O)C(NC(=O)C(CS)NC(=O)C(N)C(C)O)C(C)C)C(=O)O. The van der Waals surface area contributed by atoms with E-state index in [1.165, 1.54) is 18.7 Å². The molecule has 7 N–H and O–H groups in total. The predicted molar refractivity (Wildman–Crippen MR) is 115 cm³/mol. The maximum Gasteiger partial charge on any atom is 0.326 e. The molecule has 0 aliphatic rings. The maximum absolute atomic E-state index is 12.6. The van der Waals surface area contributed by atoms with Crippen LogP contribution in [-0.4, -0.2) is 81.9 Å². The number of thiol groups is 1. The number of thioether (sulfide) groups is 1. The topological polar surface area (TPSA) is 171 Å². The summed E-state index contributed by atoms with van der Waals surface area (Å²) in [6, 6.07) is -4.39. The highest BCUT2D eigenvalue weighted by Gasteiger charge is 2.31. The van der Waals surface area contributed by atoms with Crippen LogP contribution in [0.25, 0.3) is 0 Å². The molecular formula is C17H32N4O6S2. The molecule has 10 nitrogen and oxygen atoms in total. The van der Waals surface area contributed by atoms with E-state index in [4.69, 9.17) is 5.73 Å². The Morgan fingerprint density at radius 1 is 1.00 bits per heavy atom. The van der Waals surface area contributed by atoms with Gasteiger partial charge in [-0.1, -0.05) is 13.8 Å². The fourth-order valence-electron chi connectivity index (χ4n) is 2.22. The Balaban J connectivity index is 5.15. The van der Waals surface area contributed by atoms with Gasteiger partial charge in [0.15, 0.2) is 0 Å².